The van der Waals surface area contributed by atoms with Gasteiger partial charge < -0.3 is 5.11 Å². The molecule has 0 spiro atoms. The first-order valence-electron chi connectivity index (χ1n) is 5.42. The summed E-state index contributed by atoms with van der Waals surface area (Å²) < 4.78 is 0. The Labute approximate surface area is 95.5 Å². The first kappa shape index (κ1) is 12.2. The van der Waals surface area contributed by atoms with Gasteiger partial charge in [0.15, 0.2) is 5.78 Å². The summed E-state index contributed by atoms with van der Waals surface area (Å²) in [6.07, 6.45) is 0. The van der Waals surface area contributed by atoms with Crippen molar-refractivity contribution < 1.29 is 9.90 Å². The smallest absolute Gasteiger partial charge is 0.163 e. The number of carbonyl (C=O) groups excluding carboxylic acids is 1. The van der Waals surface area contributed by atoms with Crippen LogP contribution in [0, 0.1) is 0 Å². The molecule has 0 bridgehead atoms. The highest BCUT2D eigenvalue weighted by atomic mass is 16.3. The zero-order valence-electron chi connectivity index (χ0n) is 9.82. The van der Waals surface area contributed by atoms with Crippen molar-refractivity contribution in [1.82, 2.24) is 0 Å². The first-order chi connectivity index (χ1) is 7.70. The van der Waals surface area contributed by atoms with E-state index in [2.05, 4.69) is 0 Å². The molecule has 2 nitrogen and oxygen atoms in total. The van der Waals surface area contributed by atoms with Crippen LogP contribution in [0.4, 0.5) is 0 Å². The van der Waals surface area contributed by atoms with Crippen LogP contribution in [-0.4, -0.2) is 10.9 Å². The van der Waals surface area contributed by atoms with Gasteiger partial charge in [-0.1, -0.05) is 44.2 Å². The molecule has 0 saturated heterocycles. The molecule has 16 heavy (non-hydrogen) atoms. The quantitative estimate of drug-likeness (QED) is 0.737. The number of hydrogen-bond donors (Lipinski definition) is 1. The highest BCUT2D eigenvalue weighted by molar-refractivity contribution is 6.03. The molecule has 2 heteroatoms. The lowest BCUT2D eigenvalue weighted by Crippen LogP contribution is -1.92. The van der Waals surface area contributed by atoms with Gasteiger partial charge >= 0.3 is 0 Å². The Morgan fingerprint density at radius 1 is 1.06 bits per heavy atom. The minimum atomic E-state index is -0.117. The Balaban J connectivity index is 0.000000606. The molecule has 0 aliphatic rings. The van der Waals surface area contributed by atoms with Crippen LogP contribution in [0.25, 0.3) is 10.8 Å². The topological polar surface area (TPSA) is 37.3 Å². The third-order valence-corrected chi connectivity index (χ3v) is 2.28. The summed E-state index contributed by atoms with van der Waals surface area (Å²) in [7, 11) is 0. The van der Waals surface area contributed by atoms with Gasteiger partial charge in [-0.3, -0.25) is 4.79 Å². The highest BCUT2D eigenvalue weighted by Gasteiger charge is 2.08. The summed E-state index contributed by atoms with van der Waals surface area (Å²) in [5.74, 6) is -0.0381. The van der Waals surface area contributed by atoms with E-state index in [0.717, 1.165) is 10.8 Å². The molecule has 84 valence electrons. The van der Waals surface area contributed by atoms with Gasteiger partial charge in [0.05, 0.1) is 5.56 Å². The second-order valence-corrected chi connectivity index (χ2v) is 3.24. The molecule has 0 heterocycles. The molecule has 0 amide bonds. The Kier molecular flexibility index (Phi) is 4.06. The number of hydrogen-bond acceptors (Lipinski definition) is 2. The van der Waals surface area contributed by atoms with Gasteiger partial charge in [-0.2, -0.15) is 0 Å². The van der Waals surface area contributed by atoms with Gasteiger partial charge in [0.2, 0.25) is 0 Å². The Hall–Kier alpha value is -1.83. The number of aromatic hydroxyl groups is 1. The number of rotatable bonds is 1. The predicted octanol–water partition coefficient (Wildman–Crippen LogP) is 3.77. The fraction of sp³-hybridized carbons (Fsp3) is 0.214. The Morgan fingerprint density at radius 3 is 2.31 bits per heavy atom. The van der Waals surface area contributed by atoms with E-state index in [4.69, 9.17) is 0 Å². The molecule has 0 saturated carbocycles. The summed E-state index contributed by atoms with van der Waals surface area (Å²) in [5, 5.41) is 11.5. The average Bonchev–Trinajstić information content (AvgIpc) is 2.32. The molecule has 0 fully saturated rings. The minimum Gasteiger partial charge on any atom is -0.507 e. The number of ketones is 1. The van der Waals surface area contributed by atoms with Crippen molar-refractivity contribution in [2.24, 2.45) is 0 Å². The molecule has 0 aromatic heterocycles. The molecule has 2 rings (SSSR count). The maximum absolute atomic E-state index is 11.1. The third kappa shape index (κ3) is 2.22. The Bertz CT molecular complexity index is 501. The summed E-state index contributed by atoms with van der Waals surface area (Å²) in [6.45, 7) is 5.45. The summed E-state index contributed by atoms with van der Waals surface area (Å²) in [4.78, 5) is 11.1. The number of phenols is 1. The van der Waals surface area contributed by atoms with Crippen molar-refractivity contribution in [2.45, 2.75) is 20.8 Å². The summed E-state index contributed by atoms with van der Waals surface area (Å²) in [5.41, 5.74) is 0.378. The van der Waals surface area contributed by atoms with Crippen molar-refractivity contribution in [1.29, 1.82) is 0 Å². The standard InChI is InChI=1S/C12H10O2.C2H6/c1-8(13)10-7-6-9-4-2-3-5-11(9)12(10)14;1-2/h2-7,14H,1H3;1-2H3. The number of fused-ring (bicyclic) bond motifs is 1. The van der Waals surface area contributed by atoms with Crippen molar-refractivity contribution >= 4 is 16.6 Å². The van der Waals surface area contributed by atoms with Gasteiger partial charge in [0.25, 0.3) is 0 Å². The van der Waals surface area contributed by atoms with E-state index >= 15 is 0 Å². The van der Waals surface area contributed by atoms with E-state index in [1.54, 1.807) is 12.1 Å². The largest absolute Gasteiger partial charge is 0.507 e. The molecule has 0 atom stereocenters. The summed E-state index contributed by atoms with van der Waals surface area (Å²) in [6, 6.07) is 10.9. The van der Waals surface area contributed by atoms with Crippen LogP contribution in [0.3, 0.4) is 0 Å². The highest BCUT2D eigenvalue weighted by Crippen LogP contribution is 2.28. The van der Waals surface area contributed by atoms with Crippen LogP contribution in [0.2, 0.25) is 0 Å². The van der Waals surface area contributed by atoms with Gasteiger partial charge in [0, 0.05) is 5.39 Å². The predicted molar refractivity (Wildman–Crippen MR) is 67.0 cm³/mol. The zero-order chi connectivity index (χ0) is 12.1. The van der Waals surface area contributed by atoms with Crippen molar-refractivity contribution in [3.8, 4) is 5.75 Å². The zero-order valence-corrected chi connectivity index (χ0v) is 9.82. The van der Waals surface area contributed by atoms with E-state index in [1.807, 2.05) is 38.1 Å². The van der Waals surface area contributed by atoms with Crippen LogP contribution >= 0.6 is 0 Å². The van der Waals surface area contributed by atoms with Crippen LogP contribution in [0.1, 0.15) is 31.1 Å². The minimum absolute atomic E-state index is 0.0793. The van der Waals surface area contributed by atoms with E-state index < -0.39 is 0 Å². The second-order valence-electron chi connectivity index (χ2n) is 3.24. The maximum atomic E-state index is 11.1. The fourth-order valence-corrected chi connectivity index (χ4v) is 1.54. The van der Waals surface area contributed by atoms with Gasteiger partial charge in [-0.05, 0) is 18.4 Å². The number of Topliss-reactive ketones (excluding diaryl/α,β-unsaturated/α-hetero) is 1. The third-order valence-electron chi connectivity index (χ3n) is 2.28. The lowest BCUT2D eigenvalue weighted by molar-refractivity contribution is 0.101. The van der Waals surface area contributed by atoms with Crippen molar-refractivity contribution in [3.05, 3.63) is 42.0 Å². The molecule has 1 N–H and O–H groups in total. The van der Waals surface area contributed by atoms with E-state index in [1.165, 1.54) is 6.92 Å². The van der Waals surface area contributed by atoms with E-state index in [0.29, 0.717) is 5.56 Å². The monoisotopic (exact) mass is 216 g/mol. The molecule has 2 aromatic rings. The average molecular weight is 216 g/mol. The van der Waals surface area contributed by atoms with Gasteiger partial charge in [-0.15, -0.1) is 0 Å². The number of carbonyl (C=O) groups is 1. The Morgan fingerprint density at radius 2 is 1.69 bits per heavy atom. The molecular formula is C14H16O2. The second kappa shape index (κ2) is 5.31. The lowest BCUT2D eigenvalue weighted by atomic mass is 10.0. The van der Waals surface area contributed by atoms with E-state index in [-0.39, 0.29) is 11.5 Å². The lowest BCUT2D eigenvalue weighted by Gasteiger charge is -2.04. The molecule has 0 aliphatic heterocycles. The van der Waals surface area contributed by atoms with Crippen LogP contribution in [-0.2, 0) is 0 Å². The first-order valence-corrected chi connectivity index (χ1v) is 5.42. The van der Waals surface area contributed by atoms with Gasteiger partial charge in [0.1, 0.15) is 5.75 Å². The van der Waals surface area contributed by atoms with Crippen molar-refractivity contribution in [3.63, 3.8) is 0 Å². The maximum Gasteiger partial charge on any atom is 0.163 e. The van der Waals surface area contributed by atoms with Gasteiger partial charge in [-0.25, -0.2) is 0 Å². The van der Waals surface area contributed by atoms with E-state index in [9.17, 15) is 9.90 Å². The van der Waals surface area contributed by atoms with Crippen molar-refractivity contribution in [2.75, 3.05) is 0 Å². The molecule has 0 unspecified atom stereocenters. The number of benzene rings is 2. The van der Waals surface area contributed by atoms with Crippen LogP contribution < -0.4 is 0 Å². The SMILES string of the molecule is CC.CC(=O)c1ccc2ccccc2c1O. The normalized spacial score (nSPS) is 9.44. The molecule has 0 aliphatic carbocycles. The molecule has 0 radical (unpaired) electrons. The van der Waals surface area contributed by atoms with Crippen LogP contribution in [0.5, 0.6) is 5.75 Å². The molecular weight excluding hydrogens is 200 g/mol. The summed E-state index contributed by atoms with van der Waals surface area (Å²) >= 11 is 0. The fourth-order valence-electron chi connectivity index (χ4n) is 1.54. The van der Waals surface area contributed by atoms with Crippen LogP contribution in [0.15, 0.2) is 36.4 Å². The number of phenolic OH excluding ortho intramolecular Hbond substituents is 1. The molecule has 2 aromatic carbocycles.